The highest BCUT2D eigenvalue weighted by molar-refractivity contribution is 5.68. The first-order valence-corrected chi connectivity index (χ1v) is 7.14. The summed E-state index contributed by atoms with van der Waals surface area (Å²) in [6.45, 7) is 3.14. The average molecular weight is 272 g/mol. The standard InChI is InChI=1S/C15H20N4O/c20-11-15-17-16-12-19(15)14-6-8-18(9-7-14)10-13-4-2-1-3-5-13/h1-5,11-12,14-15,17H,6-10H2. The van der Waals surface area contributed by atoms with Gasteiger partial charge in [0.2, 0.25) is 0 Å². The van der Waals surface area contributed by atoms with Gasteiger partial charge in [0.1, 0.15) is 6.34 Å². The maximum atomic E-state index is 11.0. The molecule has 0 spiro atoms. The van der Waals surface area contributed by atoms with Gasteiger partial charge in [0.25, 0.3) is 0 Å². The molecule has 2 aliphatic rings. The van der Waals surface area contributed by atoms with Crippen molar-refractivity contribution in [2.45, 2.75) is 31.6 Å². The van der Waals surface area contributed by atoms with Crippen LogP contribution in [0.3, 0.4) is 0 Å². The summed E-state index contributed by atoms with van der Waals surface area (Å²) in [4.78, 5) is 15.5. The molecule has 0 aliphatic carbocycles. The van der Waals surface area contributed by atoms with Crippen LogP contribution in [0.2, 0.25) is 0 Å². The molecule has 0 radical (unpaired) electrons. The van der Waals surface area contributed by atoms with Gasteiger partial charge in [0.15, 0.2) is 12.5 Å². The minimum Gasteiger partial charge on any atom is -0.331 e. The summed E-state index contributed by atoms with van der Waals surface area (Å²) in [5.41, 5.74) is 4.18. The Kier molecular flexibility index (Phi) is 3.97. The van der Waals surface area contributed by atoms with Crippen molar-refractivity contribution in [1.82, 2.24) is 15.2 Å². The third-order valence-electron chi connectivity index (χ3n) is 4.08. The molecule has 0 amide bonds. The summed E-state index contributed by atoms with van der Waals surface area (Å²) in [5, 5.41) is 3.99. The van der Waals surface area contributed by atoms with E-state index >= 15 is 0 Å². The van der Waals surface area contributed by atoms with E-state index in [1.54, 1.807) is 6.34 Å². The topological polar surface area (TPSA) is 47.9 Å². The maximum absolute atomic E-state index is 11.0. The van der Waals surface area contributed by atoms with E-state index in [-0.39, 0.29) is 6.17 Å². The number of nitrogens with zero attached hydrogens (tertiary/aromatic N) is 3. The first-order valence-electron chi connectivity index (χ1n) is 7.14. The molecule has 20 heavy (non-hydrogen) atoms. The van der Waals surface area contributed by atoms with Crippen molar-refractivity contribution in [3.8, 4) is 0 Å². The van der Waals surface area contributed by atoms with E-state index in [4.69, 9.17) is 0 Å². The van der Waals surface area contributed by atoms with Gasteiger partial charge in [-0.15, -0.1) is 0 Å². The quantitative estimate of drug-likeness (QED) is 0.832. The highest BCUT2D eigenvalue weighted by Gasteiger charge is 2.29. The number of rotatable bonds is 4. The number of piperidine rings is 1. The lowest BCUT2D eigenvalue weighted by molar-refractivity contribution is -0.112. The molecule has 1 aromatic carbocycles. The Bertz CT molecular complexity index is 468. The van der Waals surface area contributed by atoms with Crippen LogP contribution in [0, 0.1) is 0 Å². The van der Waals surface area contributed by atoms with Crippen molar-refractivity contribution >= 4 is 12.6 Å². The maximum Gasteiger partial charge on any atom is 0.173 e. The average Bonchev–Trinajstić information content (AvgIpc) is 2.98. The van der Waals surface area contributed by atoms with Crippen LogP contribution in [0.15, 0.2) is 35.4 Å². The summed E-state index contributed by atoms with van der Waals surface area (Å²) < 4.78 is 0. The Labute approximate surface area is 119 Å². The molecule has 1 saturated heterocycles. The Morgan fingerprint density at radius 3 is 2.70 bits per heavy atom. The molecule has 3 rings (SSSR count). The van der Waals surface area contributed by atoms with Crippen molar-refractivity contribution < 1.29 is 4.79 Å². The first-order chi connectivity index (χ1) is 9.86. The zero-order valence-corrected chi connectivity index (χ0v) is 11.5. The number of carbonyl (C=O) groups is 1. The fourth-order valence-electron chi connectivity index (χ4n) is 2.95. The molecular weight excluding hydrogens is 252 g/mol. The number of aldehydes is 1. The molecule has 0 bridgehead atoms. The molecule has 1 atom stereocenters. The fraction of sp³-hybridized carbons (Fsp3) is 0.467. The number of benzene rings is 1. The zero-order chi connectivity index (χ0) is 13.8. The molecule has 2 aliphatic heterocycles. The van der Waals surface area contributed by atoms with Crippen LogP contribution in [0.4, 0.5) is 0 Å². The molecule has 5 nitrogen and oxygen atoms in total. The van der Waals surface area contributed by atoms with Crippen LogP contribution in [0.25, 0.3) is 0 Å². The van der Waals surface area contributed by atoms with Gasteiger partial charge >= 0.3 is 0 Å². The highest BCUT2D eigenvalue weighted by atomic mass is 16.1. The second-order valence-corrected chi connectivity index (χ2v) is 5.39. The van der Waals surface area contributed by atoms with Gasteiger partial charge in [-0.05, 0) is 18.4 Å². The molecule has 1 unspecified atom stereocenters. The van der Waals surface area contributed by atoms with Crippen LogP contribution >= 0.6 is 0 Å². The molecule has 0 aromatic heterocycles. The molecule has 1 N–H and O–H groups in total. The van der Waals surface area contributed by atoms with E-state index in [1.165, 1.54) is 5.56 Å². The molecule has 106 valence electrons. The van der Waals surface area contributed by atoms with E-state index in [1.807, 2.05) is 4.90 Å². The van der Waals surface area contributed by atoms with Crippen LogP contribution in [0.1, 0.15) is 18.4 Å². The lowest BCUT2D eigenvalue weighted by Gasteiger charge is -2.37. The largest absolute Gasteiger partial charge is 0.331 e. The van der Waals surface area contributed by atoms with Crippen molar-refractivity contribution in [3.05, 3.63) is 35.9 Å². The fourth-order valence-corrected chi connectivity index (χ4v) is 2.95. The van der Waals surface area contributed by atoms with Gasteiger partial charge in [0, 0.05) is 25.7 Å². The van der Waals surface area contributed by atoms with Crippen molar-refractivity contribution in [1.29, 1.82) is 0 Å². The highest BCUT2D eigenvalue weighted by Crippen LogP contribution is 2.19. The van der Waals surface area contributed by atoms with E-state index in [9.17, 15) is 4.79 Å². The Balaban J connectivity index is 1.52. The van der Waals surface area contributed by atoms with Crippen LogP contribution in [-0.2, 0) is 11.3 Å². The van der Waals surface area contributed by atoms with Gasteiger partial charge in [-0.1, -0.05) is 30.3 Å². The second-order valence-electron chi connectivity index (χ2n) is 5.39. The summed E-state index contributed by atoms with van der Waals surface area (Å²) in [6, 6.07) is 11.0. The number of hydrazone groups is 1. The number of hydrogen-bond donors (Lipinski definition) is 1. The number of nitrogens with one attached hydrogen (secondary N) is 1. The molecule has 2 heterocycles. The Morgan fingerprint density at radius 2 is 2.00 bits per heavy atom. The third kappa shape index (κ3) is 2.82. The smallest absolute Gasteiger partial charge is 0.173 e. The molecule has 5 heteroatoms. The third-order valence-corrected chi connectivity index (χ3v) is 4.08. The predicted octanol–water partition coefficient (Wildman–Crippen LogP) is 1.02. The summed E-state index contributed by atoms with van der Waals surface area (Å²) >= 11 is 0. The van der Waals surface area contributed by atoms with Gasteiger partial charge in [-0.3, -0.25) is 15.1 Å². The van der Waals surface area contributed by atoms with E-state index < -0.39 is 0 Å². The van der Waals surface area contributed by atoms with E-state index in [0.29, 0.717) is 6.04 Å². The molecule has 1 fully saturated rings. The SMILES string of the molecule is O=CC1NN=CN1C1CCN(Cc2ccccc2)CC1. The monoisotopic (exact) mass is 272 g/mol. The zero-order valence-electron chi connectivity index (χ0n) is 11.5. The minimum absolute atomic E-state index is 0.277. The second kappa shape index (κ2) is 6.05. The summed E-state index contributed by atoms with van der Waals surface area (Å²) in [7, 11) is 0. The minimum atomic E-state index is -0.277. The van der Waals surface area contributed by atoms with Crippen LogP contribution in [0.5, 0.6) is 0 Å². The van der Waals surface area contributed by atoms with Crippen molar-refractivity contribution in [2.24, 2.45) is 5.10 Å². The van der Waals surface area contributed by atoms with E-state index in [2.05, 4.69) is 45.8 Å². The predicted molar refractivity (Wildman–Crippen MR) is 78.1 cm³/mol. The van der Waals surface area contributed by atoms with E-state index in [0.717, 1.165) is 38.8 Å². The van der Waals surface area contributed by atoms with Gasteiger partial charge in [0.05, 0.1) is 0 Å². The Hall–Kier alpha value is -1.88. The molecule has 0 saturated carbocycles. The molecule has 1 aromatic rings. The summed E-state index contributed by atoms with van der Waals surface area (Å²) in [6.07, 6.45) is 4.55. The lowest BCUT2D eigenvalue weighted by atomic mass is 10.0. The van der Waals surface area contributed by atoms with Gasteiger partial charge in [-0.2, -0.15) is 5.10 Å². The lowest BCUT2D eigenvalue weighted by Crippen LogP contribution is -2.49. The van der Waals surface area contributed by atoms with Crippen LogP contribution < -0.4 is 5.43 Å². The number of likely N-dealkylation sites (tertiary alicyclic amines) is 1. The molecular formula is C15H20N4O. The first kappa shape index (κ1) is 13.1. The normalized spacial score (nSPS) is 23.8. The van der Waals surface area contributed by atoms with Crippen LogP contribution in [-0.4, -0.2) is 47.7 Å². The summed E-state index contributed by atoms with van der Waals surface area (Å²) in [5.74, 6) is 0. The van der Waals surface area contributed by atoms with Crippen molar-refractivity contribution in [2.75, 3.05) is 13.1 Å². The van der Waals surface area contributed by atoms with Gasteiger partial charge in [-0.25, -0.2) is 0 Å². The Morgan fingerprint density at radius 1 is 1.25 bits per heavy atom. The number of carbonyl (C=O) groups excluding carboxylic acids is 1. The van der Waals surface area contributed by atoms with Gasteiger partial charge < -0.3 is 4.90 Å². The number of hydrogen-bond acceptors (Lipinski definition) is 5. The van der Waals surface area contributed by atoms with Crippen molar-refractivity contribution in [3.63, 3.8) is 0 Å².